The molecule has 36 heavy (non-hydrogen) atoms. The second-order valence-electron chi connectivity index (χ2n) is 8.04. The van der Waals surface area contributed by atoms with Gasteiger partial charge >= 0.3 is 34.9 Å². The molecule has 220 valence electrons. The summed E-state index contributed by atoms with van der Waals surface area (Å²) in [6.07, 6.45) is -3.35. The van der Waals surface area contributed by atoms with E-state index >= 15 is 0 Å². The van der Waals surface area contributed by atoms with Crippen LogP contribution in [-0.4, -0.2) is 78.5 Å². The van der Waals surface area contributed by atoms with Crippen molar-refractivity contribution in [2.75, 3.05) is 26.2 Å². The van der Waals surface area contributed by atoms with Gasteiger partial charge in [-0.25, -0.2) is 8.42 Å². The van der Waals surface area contributed by atoms with Gasteiger partial charge in [0.25, 0.3) is 0 Å². The third-order valence-corrected chi connectivity index (χ3v) is 6.98. The predicted molar refractivity (Wildman–Crippen MR) is 106 cm³/mol. The number of quaternary nitrogens is 1. The Bertz CT molecular complexity index is 767. The quantitative estimate of drug-likeness (QED) is 0.0986. The number of hydrogen-bond donors (Lipinski definition) is 0. The molecule has 0 aliphatic carbocycles. The van der Waals surface area contributed by atoms with E-state index in [1.54, 1.807) is 0 Å². The fourth-order valence-corrected chi connectivity index (χ4v) is 3.50. The molecule has 0 aromatic heterocycles. The highest BCUT2D eigenvalue weighted by Gasteiger charge is 2.90. The molecule has 0 aromatic carbocycles. The monoisotopic (exact) mass is 581 g/mol. The van der Waals surface area contributed by atoms with E-state index in [4.69, 9.17) is 0 Å². The highest BCUT2D eigenvalue weighted by Crippen LogP contribution is 2.61. The summed E-state index contributed by atoms with van der Waals surface area (Å²) in [6.45, 7) is 15.6. The molecule has 0 radical (unpaired) electrons. The van der Waals surface area contributed by atoms with Crippen LogP contribution in [-0.2, 0) is 10.1 Å². The average molecular weight is 582 g/mol. The van der Waals surface area contributed by atoms with Crippen LogP contribution in [0.15, 0.2) is 0 Å². The molecule has 0 aliphatic heterocycles. The van der Waals surface area contributed by atoms with Gasteiger partial charge in [0.15, 0.2) is 10.1 Å². The molecule has 0 heterocycles. The Morgan fingerprint density at radius 1 is 0.583 bits per heavy atom. The normalized spacial score (nSPS) is 14.9. The van der Waals surface area contributed by atoms with Gasteiger partial charge in [0, 0.05) is 6.42 Å². The van der Waals surface area contributed by atoms with Crippen molar-refractivity contribution in [3.63, 3.8) is 0 Å². The SMILES string of the molecule is CCCCCC(F)(F)C(F)(F)C(F)(F)C(F)(F)C(F)(F)C(F)(F)S(=O)(=O)[O-].CC[N+](CC)(CC)CC. The highest BCUT2D eigenvalue weighted by molar-refractivity contribution is 7.86. The van der Waals surface area contributed by atoms with E-state index < -0.39 is 57.8 Å². The van der Waals surface area contributed by atoms with E-state index in [1.807, 2.05) is 0 Å². The van der Waals surface area contributed by atoms with Crippen LogP contribution in [0.3, 0.4) is 0 Å². The van der Waals surface area contributed by atoms with Gasteiger partial charge in [0.2, 0.25) is 0 Å². The molecule has 0 N–H and O–H groups in total. The number of alkyl halides is 12. The maximum Gasteiger partial charge on any atom is 0.402 e. The summed E-state index contributed by atoms with van der Waals surface area (Å²) in [7, 11) is -7.78. The molecule has 0 fully saturated rings. The van der Waals surface area contributed by atoms with Crippen molar-refractivity contribution in [2.24, 2.45) is 0 Å². The van der Waals surface area contributed by atoms with E-state index in [9.17, 15) is 65.7 Å². The molecule has 0 atom stereocenters. The second kappa shape index (κ2) is 12.3. The van der Waals surface area contributed by atoms with Crippen molar-refractivity contribution in [3.8, 4) is 0 Å². The van der Waals surface area contributed by atoms with E-state index in [0.717, 1.165) is 0 Å². The van der Waals surface area contributed by atoms with Crippen molar-refractivity contribution in [1.82, 2.24) is 0 Å². The molecule has 0 aromatic rings. The molecule has 0 saturated heterocycles. The summed E-state index contributed by atoms with van der Waals surface area (Å²) in [5.74, 6) is -37.2. The lowest BCUT2D eigenvalue weighted by molar-refractivity contribution is -0.921. The minimum Gasteiger partial charge on any atom is -0.743 e. The highest BCUT2D eigenvalue weighted by atomic mass is 32.2. The third-order valence-electron chi connectivity index (χ3n) is 6.10. The topological polar surface area (TPSA) is 57.2 Å². The number of rotatable bonds is 14. The standard InChI is InChI=1S/C11H12F12O3S.C8H20N/c1-2-3-4-5-6(12,13)7(14,15)8(16,17)9(18,19)10(20,21)11(22,23)27(24,25)26;1-5-9(6-2,7-3)8-4/h2-5H2,1H3,(H,24,25,26);5-8H2,1-4H3/q;+1/p-1. The molecule has 4 nitrogen and oxygen atoms in total. The van der Waals surface area contributed by atoms with E-state index in [0.29, 0.717) is 0 Å². The molecule has 0 unspecified atom stereocenters. The van der Waals surface area contributed by atoms with Crippen molar-refractivity contribution in [2.45, 2.75) is 95.2 Å². The second-order valence-corrected chi connectivity index (χ2v) is 9.46. The van der Waals surface area contributed by atoms with Crippen molar-refractivity contribution < 1.29 is 70.1 Å². The van der Waals surface area contributed by atoms with E-state index in [2.05, 4.69) is 27.7 Å². The van der Waals surface area contributed by atoms with Crippen LogP contribution >= 0.6 is 0 Å². The van der Waals surface area contributed by atoms with Crippen LogP contribution in [0.4, 0.5) is 52.7 Å². The smallest absolute Gasteiger partial charge is 0.402 e. The molecule has 0 bridgehead atoms. The number of nitrogens with zero attached hydrogens (tertiary/aromatic N) is 1. The first-order chi connectivity index (χ1) is 15.8. The van der Waals surface area contributed by atoms with Crippen molar-refractivity contribution in [3.05, 3.63) is 0 Å². The Morgan fingerprint density at radius 3 is 1.17 bits per heavy atom. The Hall–Kier alpha value is -0.970. The predicted octanol–water partition coefficient (Wildman–Crippen LogP) is 6.76. The number of unbranched alkanes of at least 4 members (excludes halogenated alkanes) is 2. The maximum atomic E-state index is 13.3. The molecule has 0 spiro atoms. The fraction of sp³-hybridized carbons (Fsp3) is 1.00. The van der Waals surface area contributed by atoms with Crippen LogP contribution in [0.1, 0.15) is 60.3 Å². The summed E-state index contributed by atoms with van der Waals surface area (Å²) < 4.78 is 189. The maximum absolute atomic E-state index is 13.3. The van der Waals surface area contributed by atoms with Crippen LogP contribution in [0.25, 0.3) is 0 Å². The average Bonchev–Trinajstić information content (AvgIpc) is 2.75. The van der Waals surface area contributed by atoms with Gasteiger partial charge in [0.05, 0.1) is 26.2 Å². The Balaban J connectivity index is 0. The summed E-state index contributed by atoms with van der Waals surface area (Å²) >= 11 is 0. The van der Waals surface area contributed by atoms with Crippen LogP contribution in [0.5, 0.6) is 0 Å². The molecule has 0 rings (SSSR count). The molecular weight excluding hydrogens is 550 g/mol. The lowest BCUT2D eigenvalue weighted by atomic mass is 9.92. The lowest BCUT2D eigenvalue weighted by Crippen LogP contribution is -2.71. The zero-order valence-electron chi connectivity index (χ0n) is 20.3. The lowest BCUT2D eigenvalue weighted by Gasteiger charge is -2.41. The summed E-state index contributed by atoms with van der Waals surface area (Å²) in [4.78, 5) is 0. The Labute approximate surface area is 202 Å². The van der Waals surface area contributed by atoms with Crippen molar-refractivity contribution in [1.29, 1.82) is 0 Å². The fourth-order valence-electron chi connectivity index (χ4n) is 3.06. The van der Waals surface area contributed by atoms with Gasteiger partial charge in [-0.1, -0.05) is 19.8 Å². The van der Waals surface area contributed by atoms with E-state index in [1.165, 1.54) is 37.6 Å². The summed E-state index contributed by atoms with van der Waals surface area (Å²) in [6, 6.07) is 0. The summed E-state index contributed by atoms with van der Waals surface area (Å²) in [5.41, 5.74) is 0. The zero-order valence-corrected chi connectivity index (χ0v) is 21.1. The van der Waals surface area contributed by atoms with Gasteiger partial charge in [-0.3, -0.25) is 0 Å². The summed E-state index contributed by atoms with van der Waals surface area (Å²) in [5, 5.41) is -7.51. The number of hydrogen-bond acceptors (Lipinski definition) is 3. The van der Waals surface area contributed by atoms with Crippen LogP contribution in [0.2, 0.25) is 0 Å². The first kappa shape index (κ1) is 37.2. The molecule has 0 saturated carbocycles. The molecule has 0 amide bonds. The van der Waals surface area contributed by atoms with Gasteiger partial charge in [-0.15, -0.1) is 0 Å². The molecule has 0 aliphatic rings. The van der Waals surface area contributed by atoms with Crippen LogP contribution in [0, 0.1) is 0 Å². The first-order valence-corrected chi connectivity index (χ1v) is 12.3. The van der Waals surface area contributed by atoms with Gasteiger partial charge < -0.3 is 9.04 Å². The van der Waals surface area contributed by atoms with Crippen LogP contribution < -0.4 is 0 Å². The minimum absolute atomic E-state index is 0.0693. The third kappa shape index (κ3) is 6.72. The zero-order chi connectivity index (χ0) is 29.7. The van der Waals surface area contributed by atoms with Gasteiger partial charge in [0.1, 0.15) is 0 Å². The number of halogens is 12. The largest absolute Gasteiger partial charge is 0.743 e. The van der Waals surface area contributed by atoms with Gasteiger partial charge in [-0.05, 0) is 34.1 Å². The van der Waals surface area contributed by atoms with Gasteiger partial charge in [-0.2, -0.15) is 52.7 Å². The minimum atomic E-state index is -8.06. The van der Waals surface area contributed by atoms with Crippen molar-refractivity contribution >= 4 is 10.1 Å². The van der Waals surface area contributed by atoms with E-state index in [-0.39, 0.29) is 12.8 Å². The Kier molecular flexibility index (Phi) is 12.7. The molecular formula is C19H31F12NO3S. The molecule has 17 heteroatoms. The Morgan fingerprint density at radius 2 is 0.917 bits per heavy atom. The first-order valence-electron chi connectivity index (χ1n) is 10.9.